The second-order valence-corrected chi connectivity index (χ2v) is 6.88. The van der Waals surface area contributed by atoms with Gasteiger partial charge in [-0.3, -0.25) is 0 Å². The summed E-state index contributed by atoms with van der Waals surface area (Å²) < 4.78 is 7.32. The van der Waals surface area contributed by atoms with Crippen LogP contribution in [0.5, 0.6) is 5.75 Å². The molecule has 2 aromatic heterocycles. The van der Waals surface area contributed by atoms with Crippen LogP contribution in [0.1, 0.15) is 36.7 Å². The number of carboxylic acids is 1. The van der Waals surface area contributed by atoms with Gasteiger partial charge in [-0.15, -0.1) is 0 Å². The maximum Gasteiger partial charge on any atom is 0.338 e. The van der Waals surface area contributed by atoms with Crippen LogP contribution in [0.15, 0.2) is 48.8 Å². The van der Waals surface area contributed by atoms with E-state index >= 15 is 0 Å². The summed E-state index contributed by atoms with van der Waals surface area (Å²) in [4.78, 5) is 11.8. The first-order valence-corrected chi connectivity index (χ1v) is 7.85. The van der Waals surface area contributed by atoms with Gasteiger partial charge >= 0.3 is 5.97 Å². The van der Waals surface area contributed by atoms with Crippen molar-refractivity contribution < 1.29 is 14.6 Å². The van der Waals surface area contributed by atoms with Gasteiger partial charge in [-0.2, -0.15) is 0 Å². The number of aromatic nitrogens is 1. The summed E-state index contributed by atoms with van der Waals surface area (Å²) in [6, 6.07) is 11.4. The molecule has 0 radical (unpaired) electrons. The molecule has 0 aliphatic heterocycles. The zero-order valence-corrected chi connectivity index (χ0v) is 14.3. The minimum atomic E-state index is -0.924. The minimum Gasteiger partial charge on any atom is -0.496 e. The van der Waals surface area contributed by atoms with E-state index in [0.717, 1.165) is 16.9 Å². The van der Waals surface area contributed by atoms with Crippen LogP contribution in [0, 0.1) is 0 Å². The van der Waals surface area contributed by atoms with E-state index in [1.165, 1.54) is 0 Å². The fraction of sp³-hybridized carbons (Fsp3) is 0.250. The molecule has 1 aromatic carbocycles. The average Bonchev–Trinajstić information content (AvgIpc) is 2.93. The molecule has 1 N–H and O–H groups in total. The van der Waals surface area contributed by atoms with Crippen molar-refractivity contribution in [3.63, 3.8) is 0 Å². The molecule has 3 aromatic rings. The van der Waals surface area contributed by atoms with Crippen molar-refractivity contribution in [2.45, 2.75) is 26.2 Å². The van der Waals surface area contributed by atoms with Crippen molar-refractivity contribution >= 4 is 11.5 Å². The van der Waals surface area contributed by atoms with Crippen LogP contribution in [0.3, 0.4) is 0 Å². The van der Waals surface area contributed by atoms with E-state index in [1.54, 1.807) is 7.11 Å². The predicted octanol–water partition coefficient (Wildman–Crippen LogP) is 4.61. The van der Waals surface area contributed by atoms with Crippen molar-refractivity contribution in [2.75, 3.05) is 7.11 Å². The molecule has 3 rings (SSSR count). The number of ether oxygens (including phenoxy) is 1. The molecule has 0 spiro atoms. The number of carboxylic acid groups (broad SMARTS) is 1. The van der Waals surface area contributed by atoms with E-state index < -0.39 is 5.97 Å². The van der Waals surface area contributed by atoms with E-state index in [0.29, 0.717) is 16.6 Å². The van der Waals surface area contributed by atoms with E-state index in [9.17, 15) is 9.90 Å². The van der Waals surface area contributed by atoms with Gasteiger partial charge in [-0.05, 0) is 35.2 Å². The van der Waals surface area contributed by atoms with Gasteiger partial charge < -0.3 is 14.2 Å². The van der Waals surface area contributed by atoms with Crippen molar-refractivity contribution in [3.05, 3.63) is 59.9 Å². The van der Waals surface area contributed by atoms with Gasteiger partial charge in [0, 0.05) is 23.5 Å². The van der Waals surface area contributed by atoms with Crippen LogP contribution in [0.2, 0.25) is 0 Å². The van der Waals surface area contributed by atoms with Crippen LogP contribution in [0.4, 0.5) is 0 Å². The van der Waals surface area contributed by atoms with Crippen molar-refractivity contribution in [2.24, 2.45) is 0 Å². The van der Waals surface area contributed by atoms with Gasteiger partial charge in [-0.25, -0.2) is 4.79 Å². The van der Waals surface area contributed by atoms with Crippen LogP contribution >= 0.6 is 0 Å². The molecule has 0 bridgehead atoms. The molecule has 0 aliphatic carbocycles. The summed E-state index contributed by atoms with van der Waals surface area (Å²) in [5.41, 5.74) is 3.54. The molecule has 0 amide bonds. The first-order valence-electron chi connectivity index (χ1n) is 7.85. The number of nitrogens with zero attached hydrogens (tertiary/aromatic N) is 1. The minimum absolute atomic E-state index is 0.107. The third-order valence-corrected chi connectivity index (χ3v) is 4.22. The summed E-state index contributed by atoms with van der Waals surface area (Å²) in [6.45, 7) is 6.34. The molecular weight excluding hydrogens is 302 g/mol. The molecule has 0 atom stereocenters. The highest BCUT2D eigenvalue weighted by Gasteiger charge is 2.23. The number of hydrogen-bond donors (Lipinski definition) is 1. The lowest BCUT2D eigenvalue weighted by Gasteiger charge is -2.23. The second kappa shape index (κ2) is 5.71. The number of benzene rings is 1. The zero-order chi connectivity index (χ0) is 17.5. The van der Waals surface area contributed by atoms with Crippen LogP contribution in [-0.2, 0) is 5.41 Å². The highest BCUT2D eigenvalue weighted by atomic mass is 16.5. The van der Waals surface area contributed by atoms with Gasteiger partial charge in [0.1, 0.15) is 5.75 Å². The molecule has 4 heteroatoms. The zero-order valence-electron chi connectivity index (χ0n) is 14.3. The number of methoxy groups -OCH3 is 1. The third kappa shape index (κ3) is 2.64. The number of carbonyl (C=O) groups is 1. The number of aromatic carboxylic acids is 1. The van der Waals surface area contributed by atoms with Crippen LogP contribution in [-0.4, -0.2) is 22.6 Å². The van der Waals surface area contributed by atoms with Gasteiger partial charge in [0.05, 0.1) is 18.2 Å². The number of fused-ring (bicyclic) bond motifs is 1. The lowest BCUT2D eigenvalue weighted by Crippen LogP contribution is -2.13. The molecule has 0 aliphatic rings. The topological polar surface area (TPSA) is 50.9 Å². The fourth-order valence-electron chi connectivity index (χ4n) is 3.03. The number of rotatable bonds is 3. The third-order valence-electron chi connectivity index (χ3n) is 4.22. The van der Waals surface area contributed by atoms with Crippen LogP contribution < -0.4 is 4.74 Å². The first-order chi connectivity index (χ1) is 11.3. The van der Waals surface area contributed by atoms with Gasteiger partial charge in [0.15, 0.2) is 0 Å². The normalized spacial score (nSPS) is 11.7. The molecule has 124 valence electrons. The summed E-state index contributed by atoms with van der Waals surface area (Å²) in [6.07, 6.45) is 3.73. The Labute approximate surface area is 141 Å². The first kappa shape index (κ1) is 16.1. The van der Waals surface area contributed by atoms with Crippen molar-refractivity contribution in [3.8, 4) is 16.9 Å². The monoisotopic (exact) mass is 323 g/mol. The molecule has 24 heavy (non-hydrogen) atoms. The summed E-state index contributed by atoms with van der Waals surface area (Å²) >= 11 is 0. The van der Waals surface area contributed by atoms with E-state index in [2.05, 4.69) is 20.8 Å². The van der Waals surface area contributed by atoms with Crippen molar-refractivity contribution in [1.82, 2.24) is 4.40 Å². The molecule has 0 saturated carbocycles. The molecule has 0 fully saturated rings. The van der Waals surface area contributed by atoms with Crippen molar-refractivity contribution in [1.29, 1.82) is 0 Å². The smallest absolute Gasteiger partial charge is 0.338 e. The summed E-state index contributed by atoms with van der Waals surface area (Å²) in [5.74, 6) is -0.112. The highest BCUT2D eigenvalue weighted by Crippen LogP contribution is 2.37. The van der Waals surface area contributed by atoms with E-state index in [4.69, 9.17) is 4.74 Å². The Balaban J connectivity index is 2.28. The summed E-state index contributed by atoms with van der Waals surface area (Å²) in [7, 11) is 1.65. The largest absolute Gasteiger partial charge is 0.496 e. The molecule has 4 nitrogen and oxygen atoms in total. The quantitative estimate of drug-likeness (QED) is 0.765. The van der Waals surface area contributed by atoms with E-state index in [1.807, 2.05) is 53.2 Å². The predicted molar refractivity (Wildman–Crippen MR) is 95.0 cm³/mol. The Morgan fingerprint density at radius 2 is 1.92 bits per heavy atom. The average molecular weight is 323 g/mol. The standard InChI is InChI=1S/C20H21NO3/c1-20(2,3)15-11-13(8-9-17(15)24-4)14-12-21-10-6-5-7-16(21)18(14)19(22)23/h5-12H,1-4H3,(H,22,23). The SMILES string of the molecule is COc1ccc(-c2cn3ccccc3c2C(=O)O)cc1C(C)(C)C. The number of hydrogen-bond acceptors (Lipinski definition) is 2. The highest BCUT2D eigenvalue weighted by molar-refractivity contribution is 6.03. The second-order valence-electron chi connectivity index (χ2n) is 6.88. The Bertz CT molecular complexity index is 916. The molecular formula is C20H21NO3. The molecule has 2 heterocycles. The lowest BCUT2D eigenvalue weighted by molar-refractivity contribution is 0.0700. The Morgan fingerprint density at radius 1 is 1.17 bits per heavy atom. The number of pyridine rings is 1. The van der Waals surface area contributed by atoms with E-state index in [-0.39, 0.29) is 5.41 Å². The Kier molecular flexibility index (Phi) is 3.84. The fourth-order valence-corrected chi connectivity index (χ4v) is 3.03. The van der Waals surface area contributed by atoms with Gasteiger partial charge in [-0.1, -0.05) is 32.9 Å². The molecule has 0 unspecified atom stereocenters. The summed E-state index contributed by atoms with van der Waals surface area (Å²) in [5, 5.41) is 9.71. The lowest BCUT2D eigenvalue weighted by atomic mass is 9.84. The maximum absolute atomic E-state index is 11.8. The van der Waals surface area contributed by atoms with Crippen LogP contribution in [0.25, 0.3) is 16.6 Å². The Morgan fingerprint density at radius 3 is 2.54 bits per heavy atom. The Hall–Kier alpha value is -2.75. The van der Waals surface area contributed by atoms with Gasteiger partial charge in [0.25, 0.3) is 0 Å². The molecule has 0 saturated heterocycles. The van der Waals surface area contributed by atoms with Gasteiger partial charge in [0.2, 0.25) is 0 Å². The maximum atomic E-state index is 11.8.